The molecule has 0 radical (unpaired) electrons. The number of rotatable bonds is 4. The molecular weight excluding hydrogens is 254 g/mol. The molecule has 1 N–H and O–H groups in total. The Labute approximate surface area is 117 Å². The maximum absolute atomic E-state index is 11.8. The smallest absolute Gasteiger partial charge is 0.305 e. The highest BCUT2D eigenvalue weighted by Crippen LogP contribution is 2.11. The molecule has 5 nitrogen and oxygen atoms in total. The monoisotopic (exact) mass is 273 g/mol. The highest BCUT2D eigenvalue weighted by molar-refractivity contribution is 5.18. The van der Waals surface area contributed by atoms with Gasteiger partial charge in [0.2, 0.25) is 0 Å². The molecule has 2 rings (SSSR count). The molecule has 20 heavy (non-hydrogen) atoms. The minimum absolute atomic E-state index is 0.148. The first-order chi connectivity index (χ1) is 9.50. The van der Waals surface area contributed by atoms with Crippen molar-refractivity contribution in [3.63, 3.8) is 0 Å². The summed E-state index contributed by atoms with van der Waals surface area (Å²) in [4.78, 5) is 23.5. The molecule has 0 aliphatic rings. The Balaban J connectivity index is 2.16. The first-order valence-electron chi connectivity index (χ1n) is 6.55. The summed E-state index contributed by atoms with van der Waals surface area (Å²) in [6, 6.07) is 11.7. The van der Waals surface area contributed by atoms with Crippen LogP contribution in [0.25, 0.3) is 0 Å². The first-order valence-corrected chi connectivity index (χ1v) is 6.55. The molecule has 0 spiro atoms. The summed E-state index contributed by atoms with van der Waals surface area (Å²) in [6.45, 7) is 2.52. The zero-order chi connectivity index (χ0) is 14.7. The molecule has 106 valence electrons. The van der Waals surface area contributed by atoms with Gasteiger partial charge in [0.05, 0.1) is 0 Å². The topological polar surface area (TPSA) is 56.0 Å². The van der Waals surface area contributed by atoms with E-state index in [4.69, 9.17) is 0 Å². The second-order valence-electron chi connectivity index (χ2n) is 4.89. The number of hydrogen-bond acceptors (Lipinski definition) is 3. The van der Waals surface area contributed by atoms with Gasteiger partial charge >= 0.3 is 5.69 Å². The minimum Gasteiger partial charge on any atom is -0.305 e. The van der Waals surface area contributed by atoms with Crippen molar-refractivity contribution >= 4 is 0 Å². The predicted molar refractivity (Wildman–Crippen MR) is 78.6 cm³/mol. The highest BCUT2D eigenvalue weighted by Gasteiger charge is 2.08. The van der Waals surface area contributed by atoms with Gasteiger partial charge in [0.25, 0.3) is 5.56 Å². The van der Waals surface area contributed by atoms with Crippen molar-refractivity contribution in [1.29, 1.82) is 0 Å². The molecule has 1 aromatic heterocycles. The van der Waals surface area contributed by atoms with Gasteiger partial charge in [-0.3, -0.25) is 13.9 Å². The molecule has 0 aliphatic heterocycles. The van der Waals surface area contributed by atoms with E-state index in [0.29, 0.717) is 12.2 Å². The summed E-state index contributed by atoms with van der Waals surface area (Å²) >= 11 is 0. The van der Waals surface area contributed by atoms with E-state index in [9.17, 15) is 9.59 Å². The van der Waals surface area contributed by atoms with Crippen molar-refractivity contribution < 1.29 is 0 Å². The molecule has 5 heteroatoms. The SMILES string of the molecule is C[C@H](NCc1cc(=O)n(C)c(=O)n1C)c1ccccc1. The van der Waals surface area contributed by atoms with E-state index in [1.54, 1.807) is 7.05 Å². The lowest BCUT2D eigenvalue weighted by molar-refractivity contribution is 0.540. The highest BCUT2D eigenvalue weighted by atomic mass is 16.2. The fourth-order valence-electron chi connectivity index (χ4n) is 2.07. The fraction of sp³-hybridized carbons (Fsp3) is 0.333. The van der Waals surface area contributed by atoms with Crippen LogP contribution >= 0.6 is 0 Å². The Morgan fingerprint density at radius 2 is 1.75 bits per heavy atom. The quantitative estimate of drug-likeness (QED) is 0.902. The third kappa shape index (κ3) is 2.88. The van der Waals surface area contributed by atoms with Crippen LogP contribution in [0.1, 0.15) is 24.2 Å². The van der Waals surface area contributed by atoms with Crippen LogP contribution in [0.3, 0.4) is 0 Å². The minimum atomic E-state index is -0.304. The largest absolute Gasteiger partial charge is 0.330 e. The molecule has 0 unspecified atom stereocenters. The van der Waals surface area contributed by atoms with Crippen molar-refractivity contribution in [2.45, 2.75) is 19.5 Å². The lowest BCUT2D eigenvalue weighted by Gasteiger charge is -2.16. The third-order valence-corrected chi connectivity index (χ3v) is 3.51. The number of nitrogens with one attached hydrogen (secondary N) is 1. The second-order valence-corrected chi connectivity index (χ2v) is 4.89. The van der Waals surface area contributed by atoms with E-state index >= 15 is 0 Å². The summed E-state index contributed by atoms with van der Waals surface area (Å²) in [7, 11) is 3.15. The van der Waals surface area contributed by atoms with Crippen LogP contribution in [0.4, 0.5) is 0 Å². The normalized spacial score (nSPS) is 12.3. The second kappa shape index (κ2) is 5.88. The zero-order valence-electron chi connectivity index (χ0n) is 12.0. The van der Waals surface area contributed by atoms with Gasteiger partial charge in [0, 0.05) is 38.4 Å². The van der Waals surface area contributed by atoms with Crippen LogP contribution < -0.4 is 16.6 Å². The average molecular weight is 273 g/mol. The zero-order valence-corrected chi connectivity index (χ0v) is 12.0. The Kier molecular flexibility index (Phi) is 4.20. The molecular formula is C15H19N3O2. The molecule has 0 amide bonds. The van der Waals surface area contributed by atoms with Crippen molar-refractivity contribution in [2.75, 3.05) is 0 Å². The molecule has 0 aliphatic carbocycles. The molecule has 0 saturated heterocycles. The average Bonchev–Trinajstić information content (AvgIpc) is 2.48. The predicted octanol–water partition coefficient (Wildman–Crippen LogP) is 0.935. The van der Waals surface area contributed by atoms with Crippen LogP contribution in [-0.4, -0.2) is 9.13 Å². The fourth-order valence-corrected chi connectivity index (χ4v) is 2.07. The first kappa shape index (κ1) is 14.3. The van der Waals surface area contributed by atoms with Crippen molar-refractivity contribution in [2.24, 2.45) is 14.1 Å². The van der Waals surface area contributed by atoms with E-state index in [0.717, 1.165) is 4.57 Å². The number of nitrogens with zero attached hydrogens (tertiary/aromatic N) is 2. The molecule has 2 aromatic rings. The number of benzene rings is 1. The van der Waals surface area contributed by atoms with Gasteiger partial charge in [-0.1, -0.05) is 30.3 Å². The lowest BCUT2D eigenvalue weighted by atomic mass is 10.1. The number of aromatic nitrogens is 2. The summed E-state index contributed by atoms with van der Waals surface area (Å²) in [5, 5.41) is 3.32. The Hall–Kier alpha value is -2.14. The van der Waals surface area contributed by atoms with E-state index in [-0.39, 0.29) is 17.3 Å². The molecule has 0 bridgehead atoms. The molecule has 0 fully saturated rings. The lowest BCUT2D eigenvalue weighted by Crippen LogP contribution is -2.39. The summed E-state index contributed by atoms with van der Waals surface area (Å²) in [5.74, 6) is 0. The van der Waals surface area contributed by atoms with Gasteiger partial charge in [-0.15, -0.1) is 0 Å². The van der Waals surface area contributed by atoms with Crippen LogP contribution in [-0.2, 0) is 20.6 Å². The summed E-state index contributed by atoms with van der Waals surface area (Å²) in [5.41, 5.74) is 1.26. The Bertz CT molecular complexity index is 701. The third-order valence-electron chi connectivity index (χ3n) is 3.51. The Morgan fingerprint density at radius 3 is 2.40 bits per heavy atom. The van der Waals surface area contributed by atoms with E-state index in [1.807, 2.05) is 30.3 Å². The van der Waals surface area contributed by atoms with Crippen molar-refractivity contribution in [3.05, 3.63) is 68.5 Å². The standard InChI is InChI=1S/C15H19N3O2/c1-11(12-7-5-4-6-8-12)16-10-13-9-14(19)18(3)15(20)17(13)2/h4-9,11,16H,10H2,1-3H3/t11-/m0/s1. The van der Waals surface area contributed by atoms with E-state index in [1.165, 1.54) is 23.2 Å². The van der Waals surface area contributed by atoms with Crippen LogP contribution in [0.2, 0.25) is 0 Å². The van der Waals surface area contributed by atoms with Gasteiger partial charge < -0.3 is 5.32 Å². The van der Waals surface area contributed by atoms with Crippen molar-refractivity contribution in [3.8, 4) is 0 Å². The number of hydrogen-bond donors (Lipinski definition) is 1. The van der Waals surface area contributed by atoms with E-state index < -0.39 is 0 Å². The van der Waals surface area contributed by atoms with Gasteiger partial charge in [-0.2, -0.15) is 0 Å². The van der Waals surface area contributed by atoms with E-state index in [2.05, 4.69) is 12.2 Å². The summed E-state index contributed by atoms with van der Waals surface area (Å²) < 4.78 is 2.59. The maximum Gasteiger partial charge on any atom is 0.330 e. The molecule has 1 atom stereocenters. The Morgan fingerprint density at radius 1 is 1.10 bits per heavy atom. The van der Waals surface area contributed by atoms with Gasteiger partial charge in [0.15, 0.2) is 0 Å². The van der Waals surface area contributed by atoms with Gasteiger partial charge in [-0.05, 0) is 12.5 Å². The van der Waals surface area contributed by atoms with Gasteiger partial charge in [-0.25, -0.2) is 4.79 Å². The molecule has 0 saturated carbocycles. The van der Waals surface area contributed by atoms with Gasteiger partial charge in [0.1, 0.15) is 0 Å². The molecule has 1 aromatic carbocycles. The van der Waals surface area contributed by atoms with Crippen LogP contribution in [0, 0.1) is 0 Å². The van der Waals surface area contributed by atoms with Crippen LogP contribution in [0.15, 0.2) is 46.0 Å². The molecule has 1 heterocycles. The van der Waals surface area contributed by atoms with Crippen molar-refractivity contribution in [1.82, 2.24) is 14.5 Å². The van der Waals surface area contributed by atoms with Crippen LogP contribution in [0.5, 0.6) is 0 Å². The summed E-state index contributed by atoms with van der Waals surface area (Å²) in [6.07, 6.45) is 0. The maximum atomic E-state index is 11.8.